The third-order valence-electron chi connectivity index (χ3n) is 3.88. The van der Waals surface area contributed by atoms with Crippen LogP contribution in [0.2, 0.25) is 0 Å². The van der Waals surface area contributed by atoms with Gasteiger partial charge in [0.25, 0.3) is 0 Å². The third-order valence-corrected chi connectivity index (χ3v) is 5.03. The number of aromatic nitrogens is 4. The van der Waals surface area contributed by atoms with E-state index in [1.54, 1.807) is 6.92 Å². The van der Waals surface area contributed by atoms with Crippen LogP contribution in [0.4, 0.5) is 5.69 Å². The van der Waals surface area contributed by atoms with Crippen molar-refractivity contribution in [2.75, 3.05) is 6.54 Å². The first-order valence-electron chi connectivity index (χ1n) is 7.93. The fourth-order valence-electron chi connectivity index (χ4n) is 2.42. The van der Waals surface area contributed by atoms with E-state index in [1.807, 2.05) is 18.5 Å². The summed E-state index contributed by atoms with van der Waals surface area (Å²) in [5, 5.41) is 21.8. The molecular weight excluding hydrogens is 392 g/mol. The average Bonchev–Trinajstić information content (AvgIpc) is 3.12. The lowest BCUT2D eigenvalue weighted by molar-refractivity contribution is -0.385. The van der Waals surface area contributed by atoms with Crippen LogP contribution in [0.25, 0.3) is 0 Å². The first kappa shape index (κ1) is 19.1. The predicted molar refractivity (Wildman–Crippen MR) is 95.1 cm³/mol. The van der Waals surface area contributed by atoms with Crippen LogP contribution in [-0.4, -0.2) is 36.9 Å². The van der Waals surface area contributed by atoms with Gasteiger partial charge in [0, 0.05) is 18.8 Å². The molecule has 2 aromatic heterocycles. The SMILES string of the molecule is Cc1nn(CCCNC(=O)C(C)Cn2cc([N+](=O)[O-])cn2)c(C)c1Br. The van der Waals surface area contributed by atoms with Crippen molar-refractivity contribution < 1.29 is 9.72 Å². The lowest BCUT2D eigenvalue weighted by atomic mass is 10.1. The molecule has 0 aliphatic carbocycles. The van der Waals surface area contributed by atoms with Crippen molar-refractivity contribution in [3.8, 4) is 0 Å². The molecule has 2 aromatic rings. The van der Waals surface area contributed by atoms with Crippen LogP contribution in [0.5, 0.6) is 0 Å². The largest absolute Gasteiger partial charge is 0.356 e. The van der Waals surface area contributed by atoms with Crippen molar-refractivity contribution in [3.63, 3.8) is 0 Å². The standard InChI is InChI=1S/C15H21BrN6O3/c1-10(8-20-9-13(7-18-20)22(24)25)15(23)17-5-4-6-21-12(3)14(16)11(2)19-21/h7,9-10H,4-6,8H2,1-3H3,(H,17,23). The molecule has 0 saturated heterocycles. The first-order chi connectivity index (χ1) is 11.8. The molecule has 0 aliphatic rings. The molecule has 2 heterocycles. The van der Waals surface area contributed by atoms with Gasteiger partial charge in [0.2, 0.25) is 5.91 Å². The van der Waals surface area contributed by atoms with Crippen molar-refractivity contribution in [3.05, 3.63) is 38.4 Å². The number of aryl methyl sites for hydroxylation is 2. The molecule has 0 fully saturated rings. The van der Waals surface area contributed by atoms with Crippen molar-refractivity contribution in [1.29, 1.82) is 0 Å². The number of carbonyl (C=O) groups excluding carboxylic acids is 1. The van der Waals surface area contributed by atoms with Crippen LogP contribution in [0.3, 0.4) is 0 Å². The van der Waals surface area contributed by atoms with Crippen LogP contribution in [-0.2, 0) is 17.9 Å². The summed E-state index contributed by atoms with van der Waals surface area (Å²) in [7, 11) is 0. The Balaban J connectivity index is 1.75. The summed E-state index contributed by atoms with van der Waals surface area (Å²) >= 11 is 3.49. The minimum atomic E-state index is -0.508. The summed E-state index contributed by atoms with van der Waals surface area (Å²) < 4.78 is 4.34. The molecule has 1 unspecified atom stereocenters. The zero-order valence-electron chi connectivity index (χ0n) is 14.4. The highest BCUT2D eigenvalue weighted by molar-refractivity contribution is 9.10. The van der Waals surface area contributed by atoms with Crippen LogP contribution < -0.4 is 5.32 Å². The molecule has 10 heteroatoms. The van der Waals surface area contributed by atoms with E-state index in [-0.39, 0.29) is 17.5 Å². The minimum absolute atomic E-state index is 0.0799. The Hall–Kier alpha value is -2.23. The molecule has 1 N–H and O–H groups in total. The first-order valence-corrected chi connectivity index (χ1v) is 8.73. The van der Waals surface area contributed by atoms with Crippen LogP contribution in [0.15, 0.2) is 16.9 Å². The summed E-state index contributed by atoms with van der Waals surface area (Å²) in [4.78, 5) is 22.2. The van der Waals surface area contributed by atoms with Gasteiger partial charge < -0.3 is 5.32 Å². The summed E-state index contributed by atoms with van der Waals surface area (Å²) in [5.41, 5.74) is 1.93. The zero-order chi connectivity index (χ0) is 18.6. The maximum Gasteiger partial charge on any atom is 0.306 e. The van der Waals surface area contributed by atoms with Gasteiger partial charge in [0.1, 0.15) is 12.4 Å². The Labute approximate surface area is 153 Å². The molecule has 0 saturated carbocycles. The Morgan fingerprint density at radius 3 is 2.76 bits per heavy atom. The van der Waals surface area contributed by atoms with E-state index in [0.717, 1.165) is 28.8 Å². The van der Waals surface area contributed by atoms with Gasteiger partial charge in [-0.3, -0.25) is 24.3 Å². The number of nitrogens with zero attached hydrogens (tertiary/aromatic N) is 5. The molecule has 2 rings (SSSR count). The van der Waals surface area contributed by atoms with E-state index in [4.69, 9.17) is 0 Å². The molecule has 136 valence electrons. The zero-order valence-corrected chi connectivity index (χ0v) is 16.0. The normalized spacial score (nSPS) is 12.2. The maximum atomic E-state index is 12.1. The van der Waals surface area contributed by atoms with Crippen molar-refractivity contribution in [2.24, 2.45) is 5.92 Å². The molecule has 0 aromatic carbocycles. The number of carbonyl (C=O) groups is 1. The van der Waals surface area contributed by atoms with E-state index >= 15 is 0 Å². The highest BCUT2D eigenvalue weighted by Gasteiger charge is 2.16. The summed E-state index contributed by atoms with van der Waals surface area (Å²) in [6, 6.07) is 0. The Kier molecular flexibility index (Phi) is 6.29. The monoisotopic (exact) mass is 412 g/mol. The number of amides is 1. The molecule has 0 radical (unpaired) electrons. The Morgan fingerprint density at radius 2 is 2.20 bits per heavy atom. The third kappa shape index (κ3) is 4.88. The number of halogens is 1. The molecule has 1 amide bonds. The molecule has 0 spiro atoms. The van der Waals surface area contributed by atoms with E-state index in [2.05, 4.69) is 31.4 Å². The number of nitrogens with one attached hydrogen (secondary N) is 1. The topological polar surface area (TPSA) is 108 Å². The summed E-state index contributed by atoms with van der Waals surface area (Å²) in [5.74, 6) is -0.435. The van der Waals surface area contributed by atoms with Crippen LogP contribution >= 0.6 is 15.9 Å². The smallest absolute Gasteiger partial charge is 0.306 e. The van der Waals surface area contributed by atoms with Gasteiger partial charge in [-0.15, -0.1) is 0 Å². The number of rotatable bonds is 8. The van der Waals surface area contributed by atoms with Crippen LogP contribution in [0.1, 0.15) is 24.7 Å². The van der Waals surface area contributed by atoms with Crippen molar-refractivity contribution in [1.82, 2.24) is 24.9 Å². The Morgan fingerprint density at radius 1 is 1.48 bits per heavy atom. The van der Waals surface area contributed by atoms with Gasteiger partial charge in [-0.05, 0) is 36.2 Å². The van der Waals surface area contributed by atoms with Crippen molar-refractivity contribution >= 4 is 27.5 Å². The quantitative estimate of drug-likeness (QED) is 0.406. The highest BCUT2D eigenvalue weighted by atomic mass is 79.9. The van der Waals surface area contributed by atoms with Gasteiger partial charge in [-0.2, -0.15) is 10.2 Å². The Bertz CT molecular complexity index is 769. The van der Waals surface area contributed by atoms with Gasteiger partial charge in [-0.25, -0.2) is 0 Å². The van der Waals surface area contributed by atoms with E-state index in [1.165, 1.54) is 17.1 Å². The predicted octanol–water partition coefficient (Wildman–Crippen LogP) is 2.21. The average molecular weight is 413 g/mol. The second kappa shape index (κ2) is 8.24. The molecule has 9 nitrogen and oxygen atoms in total. The van der Waals surface area contributed by atoms with E-state index in [0.29, 0.717) is 13.1 Å². The number of hydrogen-bond acceptors (Lipinski definition) is 5. The minimum Gasteiger partial charge on any atom is -0.356 e. The van der Waals surface area contributed by atoms with Gasteiger partial charge in [0.15, 0.2) is 0 Å². The van der Waals surface area contributed by atoms with Gasteiger partial charge in [0.05, 0.1) is 27.6 Å². The lowest BCUT2D eigenvalue weighted by Crippen LogP contribution is -2.32. The fourth-order valence-corrected chi connectivity index (χ4v) is 2.70. The van der Waals surface area contributed by atoms with Gasteiger partial charge >= 0.3 is 5.69 Å². The molecule has 1 atom stereocenters. The van der Waals surface area contributed by atoms with E-state index in [9.17, 15) is 14.9 Å². The summed E-state index contributed by atoms with van der Waals surface area (Å²) in [6.07, 6.45) is 3.27. The van der Waals surface area contributed by atoms with E-state index < -0.39 is 4.92 Å². The maximum absolute atomic E-state index is 12.1. The highest BCUT2D eigenvalue weighted by Crippen LogP contribution is 2.19. The molecule has 0 aliphatic heterocycles. The van der Waals surface area contributed by atoms with Gasteiger partial charge in [-0.1, -0.05) is 6.92 Å². The second-order valence-corrected chi connectivity index (χ2v) is 6.72. The number of nitro groups is 1. The molecule has 0 bridgehead atoms. The number of hydrogen-bond donors (Lipinski definition) is 1. The lowest BCUT2D eigenvalue weighted by Gasteiger charge is -2.12. The fraction of sp³-hybridized carbons (Fsp3) is 0.533. The van der Waals surface area contributed by atoms with Crippen molar-refractivity contribution in [2.45, 2.75) is 40.3 Å². The van der Waals surface area contributed by atoms with Crippen LogP contribution in [0, 0.1) is 29.9 Å². The molecule has 25 heavy (non-hydrogen) atoms. The molecular formula is C15H21BrN6O3. The summed E-state index contributed by atoms with van der Waals surface area (Å²) in [6.45, 7) is 7.26. The second-order valence-electron chi connectivity index (χ2n) is 5.93.